The summed E-state index contributed by atoms with van der Waals surface area (Å²) in [6, 6.07) is 3.63. The van der Waals surface area contributed by atoms with Gasteiger partial charge in [0.05, 0.1) is 6.04 Å². The van der Waals surface area contributed by atoms with Crippen LogP contribution in [0.25, 0.3) is 0 Å². The number of halogens is 2. The van der Waals surface area contributed by atoms with Crippen molar-refractivity contribution in [2.75, 3.05) is 6.54 Å². The van der Waals surface area contributed by atoms with E-state index < -0.39 is 34.1 Å². The van der Waals surface area contributed by atoms with Gasteiger partial charge in [-0.25, -0.2) is 9.18 Å². The number of hydrogen-bond donors (Lipinski definition) is 3. The molecule has 0 aromatic heterocycles. The van der Waals surface area contributed by atoms with Crippen molar-refractivity contribution < 1.29 is 18.8 Å². The van der Waals surface area contributed by atoms with E-state index >= 15 is 0 Å². The molecule has 0 radical (unpaired) electrons. The summed E-state index contributed by atoms with van der Waals surface area (Å²) in [5.74, 6) is -0.456. The van der Waals surface area contributed by atoms with Crippen LogP contribution in [-0.2, 0) is 11.4 Å². The number of carbonyl (C=O) groups is 1. The molecule has 1 aromatic rings. The molecular formula is C13H18BrFN2O3S. The van der Waals surface area contributed by atoms with Crippen LogP contribution < -0.4 is 10.0 Å². The molecule has 0 aliphatic heterocycles. The lowest BCUT2D eigenvalue weighted by molar-refractivity contribution is 0.193. The SMILES string of the molecule is CC(C)(C)[S@+]([O-])N[C@H](CNC(=O)O)c1cc(F)cc(Br)c1. The quantitative estimate of drug-likeness (QED) is 0.685. The third-order valence-corrected chi connectivity index (χ3v) is 4.62. The van der Waals surface area contributed by atoms with E-state index in [1.165, 1.54) is 12.1 Å². The first-order valence-electron chi connectivity index (χ1n) is 6.20. The molecule has 8 heteroatoms. The highest BCUT2D eigenvalue weighted by atomic mass is 79.9. The molecule has 0 unspecified atom stereocenters. The van der Waals surface area contributed by atoms with Crippen LogP contribution in [0.1, 0.15) is 32.4 Å². The molecule has 0 aliphatic rings. The molecule has 0 spiro atoms. The number of carboxylic acid groups (broad SMARTS) is 1. The van der Waals surface area contributed by atoms with Crippen molar-refractivity contribution in [3.05, 3.63) is 34.1 Å². The minimum atomic E-state index is -1.42. The van der Waals surface area contributed by atoms with Crippen molar-refractivity contribution >= 4 is 33.4 Å². The highest BCUT2D eigenvalue weighted by Crippen LogP contribution is 2.23. The molecule has 0 heterocycles. The first-order chi connectivity index (χ1) is 9.59. The second kappa shape index (κ2) is 7.44. The van der Waals surface area contributed by atoms with Gasteiger partial charge >= 0.3 is 6.09 Å². The smallest absolute Gasteiger partial charge is 0.404 e. The normalized spacial score (nSPS) is 14.6. The van der Waals surface area contributed by atoms with Gasteiger partial charge in [0.2, 0.25) is 0 Å². The van der Waals surface area contributed by atoms with E-state index in [9.17, 15) is 13.7 Å². The van der Waals surface area contributed by atoms with Gasteiger partial charge in [-0.15, -0.1) is 4.72 Å². The standard InChI is InChI=1S/C13H18BrFN2O3S/c1-13(2,3)21(20)17-11(7-16-12(18)19)8-4-9(14)6-10(15)5-8/h4-6,11,16-17H,7H2,1-3H3,(H,18,19)/t11-,21+/m1/s1. The minimum absolute atomic E-state index is 0.0208. The summed E-state index contributed by atoms with van der Waals surface area (Å²) < 4.78 is 28.5. The summed E-state index contributed by atoms with van der Waals surface area (Å²) >= 11 is 1.77. The van der Waals surface area contributed by atoms with E-state index in [1.54, 1.807) is 26.8 Å². The number of hydrogen-bond acceptors (Lipinski definition) is 3. The Balaban J connectivity index is 2.98. The fourth-order valence-corrected chi connectivity index (χ4v) is 2.81. The molecule has 5 nitrogen and oxygen atoms in total. The zero-order chi connectivity index (χ0) is 16.2. The van der Waals surface area contributed by atoms with Gasteiger partial charge in [0.15, 0.2) is 0 Å². The molecule has 0 saturated heterocycles. The Kier molecular flexibility index (Phi) is 6.45. The fourth-order valence-electron chi connectivity index (χ4n) is 1.50. The molecule has 0 aliphatic carbocycles. The summed E-state index contributed by atoms with van der Waals surface area (Å²) in [4.78, 5) is 10.7. The monoisotopic (exact) mass is 380 g/mol. The van der Waals surface area contributed by atoms with Crippen molar-refractivity contribution in [2.24, 2.45) is 0 Å². The lowest BCUT2D eigenvalue weighted by atomic mass is 10.1. The summed E-state index contributed by atoms with van der Waals surface area (Å²) in [5.41, 5.74) is 0.508. The number of rotatable bonds is 5. The lowest BCUT2D eigenvalue weighted by Gasteiger charge is -2.28. The van der Waals surface area contributed by atoms with E-state index in [4.69, 9.17) is 5.11 Å². The van der Waals surface area contributed by atoms with Crippen LogP contribution in [0, 0.1) is 5.82 Å². The maximum Gasteiger partial charge on any atom is 0.404 e. The second-order valence-electron chi connectivity index (χ2n) is 5.44. The van der Waals surface area contributed by atoms with Gasteiger partial charge in [-0.1, -0.05) is 15.9 Å². The molecule has 1 amide bonds. The van der Waals surface area contributed by atoms with Crippen molar-refractivity contribution in [3.8, 4) is 0 Å². The number of benzene rings is 1. The maximum atomic E-state index is 13.5. The van der Waals surface area contributed by atoms with Crippen LogP contribution in [0.5, 0.6) is 0 Å². The second-order valence-corrected chi connectivity index (χ2v) is 8.35. The molecule has 21 heavy (non-hydrogen) atoms. The predicted molar refractivity (Wildman–Crippen MR) is 83.9 cm³/mol. The van der Waals surface area contributed by atoms with E-state index in [0.717, 1.165) is 0 Å². The third kappa shape index (κ3) is 6.21. The summed E-state index contributed by atoms with van der Waals surface area (Å²) in [6.07, 6.45) is -1.20. The molecule has 0 fully saturated rings. The largest absolute Gasteiger partial charge is 0.598 e. The minimum Gasteiger partial charge on any atom is -0.598 e. The summed E-state index contributed by atoms with van der Waals surface area (Å²) in [7, 11) is 0. The average Bonchev–Trinajstić information content (AvgIpc) is 2.31. The number of nitrogens with one attached hydrogen (secondary N) is 2. The van der Waals surface area contributed by atoms with Crippen molar-refractivity contribution in [3.63, 3.8) is 0 Å². The number of amides is 1. The highest BCUT2D eigenvalue weighted by Gasteiger charge is 2.30. The Bertz CT molecular complexity index is 490. The van der Waals surface area contributed by atoms with Gasteiger partial charge in [-0.2, -0.15) is 0 Å². The van der Waals surface area contributed by atoms with Gasteiger partial charge in [0.25, 0.3) is 0 Å². The Morgan fingerprint density at radius 3 is 2.57 bits per heavy atom. The summed E-state index contributed by atoms with van der Waals surface area (Å²) in [5, 5.41) is 10.9. The van der Waals surface area contributed by atoms with Crippen LogP contribution >= 0.6 is 15.9 Å². The molecule has 0 bridgehead atoms. The lowest BCUT2D eigenvalue weighted by Crippen LogP contribution is -2.44. The molecular weight excluding hydrogens is 363 g/mol. The first kappa shape index (κ1) is 18.2. The van der Waals surface area contributed by atoms with Gasteiger partial charge in [0, 0.05) is 22.4 Å². The van der Waals surface area contributed by atoms with Gasteiger partial charge in [0.1, 0.15) is 10.6 Å². The Morgan fingerprint density at radius 1 is 1.48 bits per heavy atom. The predicted octanol–water partition coefficient (Wildman–Crippen LogP) is 2.95. The van der Waals surface area contributed by atoms with Crippen LogP contribution in [-0.4, -0.2) is 27.0 Å². The fraction of sp³-hybridized carbons (Fsp3) is 0.462. The Labute approximate surface area is 134 Å². The highest BCUT2D eigenvalue weighted by molar-refractivity contribution is 9.10. The van der Waals surface area contributed by atoms with Gasteiger partial charge in [-0.05, 0) is 44.5 Å². The Hall–Kier alpha value is -0.830. The molecule has 2 atom stereocenters. The van der Waals surface area contributed by atoms with Crippen LogP contribution in [0.3, 0.4) is 0 Å². The van der Waals surface area contributed by atoms with Crippen LogP contribution in [0.15, 0.2) is 22.7 Å². The first-order valence-corrected chi connectivity index (χ1v) is 8.14. The van der Waals surface area contributed by atoms with E-state index in [1.807, 2.05) is 0 Å². The van der Waals surface area contributed by atoms with Gasteiger partial charge < -0.3 is 15.0 Å². The molecule has 1 rings (SSSR count). The molecule has 3 N–H and O–H groups in total. The van der Waals surface area contributed by atoms with Crippen LogP contribution in [0.4, 0.5) is 9.18 Å². The Morgan fingerprint density at radius 2 is 2.10 bits per heavy atom. The van der Waals surface area contributed by atoms with Crippen molar-refractivity contribution in [2.45, 2.75) is 31.6 Å². The zero-order valence-corrected chi connectivity index (χ0v) is 14.3. The molecule has 1 aromatic carbocycles. The van der Waals surface area contributed by atoms with Crippen molar-refractivity contribution in [1.29, 1.82) is 0 Å². The summed E-state index contributed by atoms with van der Waals surface area (Å²) in [6.45, 7) is 5.35. The third-order valence-electron chi connectivity index (χ3n) is 2.55. The van der Waals surface area contributed by atoms with E-state index in [2.05, 4.69) is 26.0 Å². The van der Waals surface area contributed by atoms with E-state index in [-0.39, 0.29) is 6.54 Å². The van der Waals surface area contributed by atoms with Crippen LogP contribution in [0.2, 0.25) is 0 Å². The maximum absolute atomic E-state index is 13.5. The van der Waals surface area contributed by atoms with Gasteiger partial charge in [-0.3, -0.25) is 0 Å². The molecule has 0 saturated carbocycles. The van der Waals surface area contributed by atoms with Crippen molar-refractivity contribution in [1.82, 2.24) is 10.0 Å². The van der Waals surface area contributed by atoms with E-state index in [0.29, 0.717) is 10.0 Å². The zero-order valence-electron chi connectivity index (χ0n) is 11.9. The average molecular weight is 381 g/mol. The topological polar surface area (TPSA) is 84.4 Å². The molecule has 118 valence electrons.